The molecule has 3 heterocycles. The normalized spacial score (nSPS) is 13.0. The Bertz CT molecular complexity index is 1930. The number of ether oxygens (including phenoxy) is 1. The Morgan fingerprint density at radius 2 is 1.92 bits per heavy atom. The summed E-state index contributed by atoms with van der Waals surface area (Å²) in [5.74, 6) is -1.30. The number of carboxylic acid groups (broad SMARTS) is 1. The highest BCUT2D eigenvalue weighted by atomic mass is 35.5. The van der Waals surface area contributed by atoms with Crippen molar-refractivity contribution in [1.82, 2.24) is 25.1 Å². The van der Waals surface area contributed by atoms with Gasteiger partial charge in [0, 0.05) is 28.9 Å². The lowest BCUT2D eigenvalue weighted by Gasteiger charge is -2.13. The lowest BCUT2D eigenvalue weighted by molar-refractivity contribution is -0.192. The number of carboxylic acids is 1. The minimum atomic E-state index is -5.08. The zero-order valence-electron chi connectivity index (χ0n) is 26.4. The summed E-state index contributed by atoms with van der Waals surface area (Å²) in [6, 6.07) is 11.8. The van der Waals surface area contributed by atoms with Gasteiger partial charge in [-0.3, -0.25) is 4.68 Å². The number of rotatable bonds is 11. The maximum Gasteiger partial charge on any atom is 0.490 e. The number of aliphatic hydroxyl groups is 1. The van der Waals surface area contributed by atoms with E-state index in [1.807, 2.05) is 16.9 Å². The first-order valence-electron chi connectivity index (χ1n) is 15.2. The van der Waals surface area contributed by atoms with Crippen molar-refractivity contribution >= 4 is 50.6 Å². The van der Waals surface area contributed by atoms with Crippen molar-refractivity contribution < 1.29 is 37.3 Å². The molecule has 1 atom stereocenters. The fraction of sp³-hybridized carbons (Fsp3) is 0.333. The summed E-state index contributed by atoms with van der Waals surface area (Å²) in [6.07, 6.45) is -0.362. The van der Waals surface area contributed by atoms with Crippen LogP contribution in [0.2, 0.25) is 5.02 Å². The number of alkyl halides is 3. The molecule has 1 aliphatic rings. The molecule has 16 heteroatoms. The highest BCUT2D eigenvalue weighted by Crippen LogP contribution is 2.45. The predicted octanol–water partition coefficient (Wildman–Crippen LogP) is 7.01. The van der Waals surface area contributed by atoms with Crippen LogP contribution in [-0.4, -0.2) is 61.3 Å². The summed E-state index contributed by atoms with van der Waals surface area (Å²) >= 11 is 8.18. The van der Waals surface area contributed by atoms with Crippen molar-refractivity contribution in [3.63, 3.8) is 0 Å². The molecule has 0 aliphatic heterocycles. The number of nitrogens with one attached hydrogen (secondary N) is 2. The van der Waals surface area contributed by atoms with Crippen LogP contribution in [0.25, 0.3) is 20.7 Å². The number of carbonyl (C=O) groups is 1. The number of aromatic nitrogens is 4. The number of hydrogen-bond donors (Lipinski definition) is 4. The second kappa shape index (κ2) is 15.5. The van der Waals surface area contributed by atoms with Crippen LogP contribution in [-0.2, 0) is 30.8 Å². The molecule has 5 aromatic rings. The smallest absolute Gasteiger partial charge is 0.487 e. The maximum absolute atomic E-state index is 13.5. The molecule has 0 spiro atoms. The third kappa shape index (κ3) is 9.23. The number of aryl methyl sites for hydroxylation is 2. The van der Waals surface area contributed by atoms with E-state index < -0.39 is 18.2 Å². The topological polar surface area (TPSA) is 134 Å². The number of aliphatic carboxylic acids is 1. The summed E-state index contributed by atoms with van der Waals surface area (Å²) in [5, 5.41) is 30.6. The summed E-state index contributed by atoms with van der Waals surface area (Å²) in [4.78, 5) is 20.1. The standard InChI is InChI=1S/C31H32ClFN6O2S.C2HF3O2/c1-18(2)12-34-13-22(40)14-39-15-24-26(38-39)8-7-23-28-30(35-17-36-31(28)42-29(23)24)37-21-6-9-27(25(32)11-21)41-16-19-4-3-5-20(33)10-19;3-2(4,5)1(6)7/h3-6,9-11,15,17-18,22,34,40H,7-8,12-14,16H2,1-2H3,(H,35,36,37);(H,6,7)/t22-;/m1./s1. The van der Waals surface area contributed by atoms with E-state index in [1.54, 1.807) is 41.9 Å². The fourth-order valence-electron chi connectivity index (χ4n) is 5.15. The van der Waals surface area contributed by atoms with Gasteiger partial charge in [0.15, 0.2) is 0 Å². The first-order chi connectivity index (χ1) is 23.3. The maximum atomic E-state index is 13.5. The number of halogens is 5. The first-order valence-corrected chi connectivity index (χ1v) is 16.4. The van der Waals surface area contributed by atoms with E-state index in [4.69, 9.17) is 31.3 Å². The summed E-state index contributed by atoms with van der Waals surface area (Å²) in [5.41, 5.74) is 4.82. The van der Waals surface area contributed by atoms with Crippen LogP contribution in [0.15, 0.2) is 55.0 Å². The Hall–Kier alpha value is -4.31. The van der Waals surface area contributed by atoms with E-state index in [-0.39, 0.29) is 12.4 Å². The first kappa shape index (κ1) is 36.0. The molecular formula is C33H33ClF4N6O4S. The van der Waals surface area contributed by atoms with Crippen molar-refractivity contribution in [1.29, 1.82) is 0 Å². The van der Waals surface area contributed by atoms with Crippen molar-refractivity contribution in [2.75, 3.05) is 18.4 Å². The van der Waals surface area contributed by atoms with Crippen LogP contribution in [0, 0.1) is 11.7 Å². The molecule has 0 amide bonds. The zero-order chi connectivity index (χ0) is 35.3. The Morgan fingerprint density at radius 1 is 1.14 bits per heavy atom. The summed E-state index contributed by atoms with van der Waals surface area (Å²) < 4.78 is 52.9. The van der Waals surface area contributed by atoms with Gasteiger partial charge in [-0.25, -0.2) is 19.2 Å². The van der Waals surface area contributed by atoms with Gasteiger partial charge < -0.3 is 25.6 Å². The molecule has 260 valence electrons. The number of nitrogens with zero attached hydrogens (tertiary/aromatic N) is 4. The molecule has 6 rings (SSSR count). The van der Waals surface area contributed by atoms with Gasteiger partial charge in [-0.2, -0.15) is 18.3 Å². The third-order valence-corrected chi connectivity index (χ3v) is 8.80. The molecule has 4 N–H and O–H groups in total. The van der Waals surface area contributed by atoms with Crippen LogP contribution in [0.5, 0.6) is 5.75 Å². The molecule has 0 saturated carbocycles. The van der Waals surface area contributed by atoms with Gasteiger partial charge >= 0.3 is 12.1 Å². The minimum absolute atomic E-state index is 0.213. The van der Waals surface area contributed by atoms with Crippen molar-refractivity contribution in [2.24, 2.45) is 5.92 Å². The Labute approximate surface area is 287 Å². The molecule has 2 aromatic carbocycles. The van der Waals surface area contributed by atoms with E-state index in [0.717, 1.165) is 57.0 Å². The molecule has 3 aromatic heterocycles. The Kier molecular flexibility index (Phi) is 11.4. The molecular weight excluding hydrogens is 688 g/mol. The van der Waals surface area contributed by atoms with Gasteiger partial charge in [0.05, 0.1) is 28.8 Å². The number of aliphatic hydroxyl groups excluding tert-OH is 1. The average Bonchev–Trinajstić information content (AvgIpc) is 3.62. The monoisotopic (exact) mass is 720 g/mol. The largest absolute Gasteiger partial charge is 0.490 e. The van der Waals surface area contributed by atoms with Crippen LogP contribution in [0.1, 0.15) is 30.7 Å². The summed E-state index contributed by atoms with van der Waals surface area (Å²) in [7, 11) is 0. The Morgan fingerprint density at radius 3 is 2.61 bits per heavy atom. The lowest BCUT2D eigenvalue weighted by atomic mass is 9.95. The van der Waals surface area contributed by atoms with Crippen molar-refractivity contribution in [3.8, 4) is 16.2 Å². The predicted molar refractivity (Wildman–Crippen MR) is 179 cm³/mol. The quantitative estimate of drug-likeness (QED) is 0.106. The van der Waals surface area contributed by atoms with E-state index in [0.29, 0.717) is 35.6 Å². The van der Waals surface area contributed by atoms with Gasteiger partial charge in [-0.1, -0.05) is 37.6 Å². The third-order valence-electron chi connectivity index (χ3n) is 7.33. The van der Waals surface area contributed by atoms with E-state index in [9.17, 15) is 22.7 Å². The van der Waals surface area contributed by atoms with E-state index in [1.165, 1.54) is 17.7 Å². The van der Waals surface area contributed by atoms with Gasteiger partial charge in [0.1, 0.15) is 35.1 Å². The zero-order valence-corrected chi connectivity index (χ0v) is 28.0. The average molecular weight is 721 g/mol. The van der Waals surface area contributed by atoms with Crippen LogP contribution >= 0.6 is 22.9 Å². The highest BCUT2D eigenvalue weighted by molar-refractivity contribution is 7.22. The van der Waals surface area contributed by atoms with Crippen molar-refractivity contribution in [2.45, 2.75) is 52.1 Å². The second-order valence-corrected chi connectivity index (χ2v) is 13.1. The lowest BCUT2D eigenvalue weighted by Crippen LogP contribution is -2.32. The van der Waals surface area contributed by atoms with Crippen LogP contribution < -0.4 is 15.4 Å². The molecule has 0 fully saturated rings. The molecule has 0 unspecified atom stereocenters. The number of thiophene rings is 1. The minimum Gasteiger partial charge on any atom is -0.487 e. The molecule has 1 aliphatic carbocycles. The number of fused-ring (bicyclic) bond motifs is 5. The summed E-state index contributed by atoms with van der Waals surface area (Å²) in [6.45, 7) is 6.35. The molecule has 0 radical (unpaired) electrons. The van der Waals surface area contributed by atoms with Gasteiger partial charge in [0.2, 0.25) is 0 Å². The highest BCUT2D eigenvalue weighted by Gasteiger charge is 2.38. The second-order valence-electron chi connectivity index (χ2n) is 11.7. The molecule has 0 saturated heterocycles. The van der Waals surface area contributed by atoms with Gasteiger partial charge in [-0.05, 0) is 66.8 Å². The Balaban J connectivity index is 0.000000606. The number of anilines is 2. The van der Waals surface area contributed by atoms with Gasteiger partial charge in [0.25, 0.3) is 0 Å². The molecule has 10 nitrogen and oxygen atoms in total. The molecule has 0 bridgehead atoms. The fourth-order valence-corrected chi connectivity index (χ4v) is 6.61. The number of hydrogen-bond acceptors (Lipinski definition) is 9. The number of benzene rings is 2. The van der Waals surface area contributed by atoms with E-state index >= 15 is 0 Å². The van der Waals surface area contributed by atoms with Crippen LogP contribution in [0.4, 0.5) is 29.1 Å². The van der Waals surface area contributed by atoms with Gasteiger partial charge in [-0.15, -0.1) is 11.3 Å². The van der Waals surface area contributed by atoms with E-state index in [2.05, 4.69) is 34.4 Å². The van der Waals surface area contributed by atoms with Crippen molar-refractivity contribution in [3.05, 3.63) is 82.6 Å². The van der Waals surface area contributed by atoms with Crippen LogP contribution in [0.3, 0.4) is 0 Å². The SMILES string of the molecule is CC(C)CNC[C@@H](O)Cn1cc2c(n1)CCc1c-2sc2ncnc(Nc3ccc(OCc4cccc(F)c4)c(Cl)c3)c12.O=C(O)C(F)(F)F. The molecule has 49 heavy (non-hydrogen) atoms.